The van der Waals surface area contributed by atoms with E-state index in [-0.39, 0.29) is 26.1 Å². The van der Waals surface area contributed by atoms with Gasteiger partial charge in [0.15, 0.2) is 6.10 Å². The highest BCUT2D eigenvalue weighted by atomic mass is 31.2. The summed E-state index contributed by atoms with van der Waals surface area (Å²) < 4.78 is 33.9. The van der Waals surface area contributed by atoms with Gasteiger partial charge in [-0.05, 0) is 77.0 Å². The van der Waals surface area contributed by atoms with E-state index in [2.05, 4.69) is 86.8 Å². The smallest absolute Gasteiger partial charge is 0.306 e. The molecule has 0 fully saturated rings. The Bertz CT molecular complexity index is 1290. The molecule has 0 heterocycles. The fourth-order valence-corrected chi connectivity index (χ4v) is 6.52. The Balaban J connectivity index is 4.46. The molecule has 0 radical (unpaired) electrons. The maximum absolute atomic E-state index is 12.7. The van der Waals surface area contributed by atoms with Crippen LogP contribution in [0.3, 0.4) is 0 Å². The van der Waals surface area contributed by atoms with Gasteiger partial charge in [-0.2, -0.15) is 0 Å². The summed E-state index contributed by atoms with van der Waals surface area (Å²) in [6, 6.07) is 0. The maximum atomic E-state index is 12.7. The van der Waals surface area contributed by atoms with Crippen LogP contribution in [0.15, 0.2) is 85.1 Å². The predicted octanol–water partition coefficient (Wildman–Crippen LogP) is 12.9. The summed E-state index contributed by atoms with van der Waals surface area (Å²) in [5.74, 6) is -0.940. The third-order valence-corrected chi connectivity index (χ3v) is 10.4. The summed E-state index contributed by atoms with van der Waals surface area (Å²) in [6.07, 6.45) is 53.4. The predicted molar refractivity (Wildman–Crippen MR) is 249 cm³/mol. The molecule has 344 valence electrons. The van der Waals surface area contributed by atoms with Gasteiger partial charge >= 0.3 is 11.9 Å². The minimum absolute atomic E-state index is 0.0464. The number of likely N-dealkylation sites (N-methyl/N-ethyl adjacent to an activating group) is 1. The van der Waals surface area contributed by atoms with Crippen molar-refractivity contribution < 1.29 is 42.1 Å². The molecule has 10 heteroatoms. The standard InChI is InChI=1S/C50H86NO8P/c1-6-8-10-12-14-16-18-20-22-24-25-27-28-30-32-34-36-38-40-42-49(52)56-46-48(47-58-60(54,55)57-45-44-51(3,4)5)59-50(53)43-41-39-37-35-33-31-29-26-23-21-19-17-15-13-11-9-7-2/h8,10,14,16-17,19-20,22,25,27,30,32,36,38,48H,6-7,9,11-13,15,18,21,23-24,26,28-29,31,33-35,37,39-47H2,1-5H3/b10-8+,16-14+,19-17+,22-20+,27-25+,32-30+,38-36+/t48-/m1/s1. The largest absolute Gasteiger partial charge is 0.756 e. The second-order valence-electron chi connectivity index (χ2n) is 16.4. The number of ether oxygens (including phenoxy) is 2. The third kappa shape index (κ3) is 44.7. The van der Waals surface area contributed by atoms with Crippen LogP contribution in [0.5, 0.6) is 0 Å². The molecule has 2 atom stereocenters. The monoisotopic (exact) mass is 860 g/mol. The lowest BCUT2D eigenvalue weighted by Crippen LogP contribution is -2.37. The number of carbonyl (C=O) groups is 2. The van der Waals surface area contributed by atoms with Crippen LogP contribution in [-0.2, 0) is 32.7 Å². The van der Waals surface area contributed by atoms with Gasteiger partial charge in [-0.25, -0.2) is 0 Å². The van der Waals surface area contributed by atoms with E-state index in [4.69, 9.17) is 18.5 Å². The number of carbonyl (C=O) groups excluding carboxylic acids is 2. The SMILES string of the molecule is CC/C=C/C/C=C/C/C=C/C/C=C/C/C=C/C/C=C/CCC(=O)OC[C@H](COP(=O)([O-])OCC[N+](C)(C)C)OC(=O)CCCCCCCCCCC/C=C/CCCCCC. The fraction of sp³-hybridized carbons (Fsp3) is 0.680. The van der Waals surface area contributed by atoms with Gasteiger partial charge in [-0.3, -0.25) is 14.2 Å². The molecular weight excluding hydrogens is 774 g/mol. The van der Waals surface area contributed by atoms with Gasteiger partial charge in [0.25, 0.3) is 7.82 Å². The minimum Gasteiger partial charge on any atom is -0.756 e. The number of rotatable bonds is 41. The Morgan fingerprint density at radius 2 is 0.983 bits per heavy atom. The molecule has 0 aliphatic heterocycles. The minimum atomic E-state index is -4.65. The molecule has 0 aromatic carbocycles. The van der Waals surface area contributed by atoms with E-state index in [9.17, 15) is 19.0 Å². The third-order valence-electron chi connectivity index (χ3n) is 9.41. The van der Waals surface area contributed by atoms with E-state index in [1.54, 1.807) is 0 Å². The Morgan fingerprint density at radius 3 is 1.48 bits per heavy atom. The Labute approximate surface area is 367 Å². The zero-order valence-electron chi connectivity index (χ0n) is 38.6. The van der Waals surface area contributed by atoms with Gasteiger partial charge < -0.3 is 27.9 Å². The van der Waals surface area contributed by atoms with Crippen LogP contribution >= 0.6 is 7.82 Å². The molecule has 1 unspecified atom stereocenters. The lowest BCUT2D eigenvalue weighted by atomic mass is 10.1. The van der Waals surface area contributed by atoms with Gasteiger partial charge in [0.1, 0.15) is 19.8 Å². The molecule has 9 nitrogen and oxygen atoms in total. The molecular formula is C50H86NO8P. The summed E-state index contributed by atoms with van der Waals surface area (Å²) >= 11 is 0. The van der Waals surface area contributed by atoms with Crippen LogP contribution in [0.25, 0.3) is 0 Å². The first-order valence-corrected chi connectivity index (χ1v) is 24.8. The number of nitrogens with zero attached hydrogens (tertiary/aromatic N) is 1. The van der Waals surface area contributed by atoms with E-state index in [1.165, 1.54) is 70.6 Å². The number of unbranched alkanes of at least 4 members (excludes halogenated alkanes) is 13. The highest BCUT2D eigenvalue weighted by Gasteiger charge is 2.21. The Hall–Kier alpha value is -2.81. The summed E-state index contributed by atoms with van der Waals surface area (Å²) in [5.41, 5.74) is 0. The molecule has 0 aliphatic carbocycles. The van der Waals surface area contributed by atoms with Crippen molar-refractivity contribution in [3.8, 4) is 0 Å². The highest BCUT2D eigenvalue weighted by molar-refractivity contribution is 7.45. The van der Waals surface area contributed by atoms with Crippen molar-refractivity contribution in [3.63, 3.8) is 0 Å². The zero-order valence-corrected chi connectivity index (χ0v) is 39.5. The first kappa shape index (κ1) is 57.2. The molecule has 60 heavy (non-hydrogen) atoms. The summed E-state index contributed by atoms with van der Waals surface area (Å²) in [7, 11) is 1.11. The molecule has 0 amide bonds. The maximum Gasteiger partial charge on any atom is 0.306 e. The van der Waals surface area contributed by atoms with E-state index in [0.717, 1.165) is 57.8 Å². The fourth-order valence-electron chi connectivity index (χ4n) is 5.79. The van der Waals surface area contributed by atoms with Crippen molar-refractivity contribution in [2.24, 2.45) is 0 Å². The molecule has 0 aromatic rings. The lowest BCUT2D eigenvalue weighted by molar-refractivity contribution is -0.870. The summed E-state index contributed by atoms with van der Waals surface area (Å²) in [5, 5.41) is 0. The zero-order chi connectivity index (χ0) is 44.3. The normalized spacial score (nSPS) is 14.3. The highest BCUT2D eigenvalue weighted by Crippen LogP contribution is 2.38. The van der Waals surface area contributed by atoms with Gasteiger partial charge in [0.05, 0.1) is 27.7 Å². The van der Waals surface area contributed by atoms with E-state index >= 15 is 0 Å². The van der Waals surface area contributed by atoms with Gasteiger partial charge in [-0.1, -0.05) is 163 Å². The topological polar surface area (TPSA) is 111 Å². The number of hydrogen-bond acceptors (Lipinski definition) is 8. The Kier molecular flexibility index (Phi) is 39.6. The number of phosphoric ester groups is 1. The van der Waals surface area contributed by atoms with Crippen LogP contribution in [0.4, 0.5) is 0 Å². The van der Waals surface area contributed by atoms with Gasteiger partial charge in [0, 0.05) is 12.8 Å². The van der Waals surface area contributed by atoms with Crippen LogP contribution in [0.1, 0.15) is 168 Å². The average Bonchev–Trinajstić information content (AvgIpc) is 3.20. The summed E-state index contributed by atoms with van der Waals surface area (Å²) in [6.45, 7) is 4.00. The van der Waals surface area contributed by atoms with Crippen LogP contribution < -0.4 is 4.89 Å². The number of quaternary nitrogens is 1. The molecule has 0 bridgehead atoms. The van der Waals surface area contributed by atoms with Crippen molar-refractivity contribution in [1.29, 1.82) is 0 Å². The molecule has 0 aromatic heterocycles. The second kappa shape index (κ2) is 41.5. The van der Waals surface area contributed by atoms with Crippen molar-refractivity contribution in [2.75, 3.05) is 47.5 Å². The average molecular weight is 860 g/mol. The van der Waals surface area contributed by atoms with Crippen LogP contribution in [-0.4, -0.2) is 70.0 Å². The lowest BCUT2D eigenvalue weighted by Gasteiger charge is -2.28. The molecule has 0 aliphatic rings. The Morgan fingerprint density at radius 1 is 0.533 bits per heavy atom. The molecule has 0 rings (SSSR count). The quantitative estimate of drug-likeness (QED) is 0.0196. The molecule has 0 saturated heterocycles. The summed E-state index contributed by atoms with van der Waals surface area (Å²) in [4.78, 5) is 37.6. The van der Waals surface area contributed by atoms with Gasteiger partial charge in [0.2, 0.25) is 0 Å². The van der Waals surface area contributed by atoms with Crippen molar-refractivity contribution >= 4 is 19.8 Å². The first-order chi connectivity index (χ1) is 29.0. The number of esters is 2. The van der Waals surface area contributed by atoms with Crippen molar-refractivity contribution in [2.45, 2.75) is 174 Å². The number of hydrogen-bond donors (Lipinski definition) is 0. The second-order valence-corrected chi connectivity index (χ2v) is 17.8. The van der Waals surface area contributed by atoms with Crippen molar-refractivity contribution in [1.82, 2.24) is 0 Å². The first-order valence-electron chi connectivity index (χ1n) is 23.3. The van der Waals surface area contributed by atoms with E-state index < -0.39 is 32.5 Å². The van der Waals surface area contributed by atoms with Crippen LogP contribution in [0.2, 0.25) is 0 Å². The van der Waals surface area contributed by atoms with E-state index in [0.29, 0.717) is 23.9 Å². The molecule has 0 N–H and O–H groups in total. The van der Waals surface area contributed by atoms with Crippen LogP contribution in [0, 0.1) is 0 Å². The molecule has 0 saturated carbocycles. The number of phosphoric acid groups is 1. The van der Waals surface area contributed by atoms with Gasteiger partial charge in [-0.15, -0.1) is 0 Å². The van der Waals surface area contributed by atoms with Crippen molar-refractivity contribution in [3.05, 3.63) is 85.1 Å². The van der Waals surface area contributed by atoms with E-state index in [1.807, 2.05) is 33.3 Å². The number of allylic oxidation sites excluding steroid dienone is 14. The molecule has 0 spiro atoms.